The second-order valence-corrected chi connectivity index (χ2v) is 4.96. The Morgan fingerprint density at radius 1 is 1.41 bits per heavy atom. The number of ether oxygens (including phenoxy) is 1. The summed E-state index contributed by atoms with van der Waals surface area (Å²) >= 11 is 0. The van der Waals surface area contributed by atoms with Crippen LogP contribution >= 0.6 is 0 Å². The van der Waals surface area contributed by atoms with E-state index in [9.17, 15) is 9.59 Å². The Bertz CT molecular complexity index is 486. The third-order valence-electron chi connectivity index (χ3n) is 3.16. The van der Waals surface area contributed by atoms with E-state index in [2.05, 4.69) is 0 Å². The van der Waals surface area contributed by atoms with Crippen molar-refractivity contribution in [3.8, 4) is 0 Å². The summed E-state index contributed by atoms with van der Waals surface area (Å²) in [6, 6.07) is 5.26. The van der Waals surface area contributed by atoms with Gasteiger partial charge in [0.2, 0.25) is 0 Å². The maximum absolute atomic E-state index is 11.9. The molecule has 0 fully saturated rings. The number of Topliss-reactive ketones (excluding diaryl/α,β-unsaturated/α-hetero) is 1. The molecule has 1 aliphatic rings. The van der Waals surface area contributed by atoms with Crippen molar-refractivity contribution in [1.29, 1.82) is 0 Å². The molecule has 0 saturated carbocycles. The van der Waals surface area contributed by atoms with E-state index < -0.39 is 0 Å². The van der Waals surface area contributed by atoms with Gasteiger partial charge in [0.15, 0.2) is 5.78 Å². The Morgan fingerprint density at radius 3 is 2.76 bits per heavy atom. The molecule has 3 nitrogen and oxygen atoms in total. The van der Waals surface area contributed by atoms with E-state index in [1.165, 1.54) is 0 Å². The van der Waals surface area contributed by atoms with Crippen LogP contribution in [0.5, 0.6) is 0 Å². The van der Waals surface area contributed by atoms with E-state index in [1.54, 1.807) is 19.1 Å². The number of esters is 1. The summed E-state index contributed by atoms with van der Waals surface area (Å²) in [5.74, 6) is -0.260. The number of hydrogen-bond acceptors (Lipinski definition) is 3. The molecule has 0 aliphatic heterocycles. The molecule has 0 saturated heterocycles. The molecule has 0 spiro atoms. The van der Waals surface area contributed by atoms with Gasteiger partial charge in [-0.15, -0.1) is 0 Å². The van der Waals surface area contributed by atoms with Gasteiger partial charge >= 0.3 is 5.97 Å². The quantitative estimate of drug-likeness (QED) is 0.736. The van der Waals surface area contributed by atoms with Gasteiger partial charge in [0, 0.05) is 12.0 Å². The zero-order chi connectivity index (χ0) is 12.6. The lowest BCUT2D eigenvalue weighted by Crippen LogP contribution is -2.12. The van der Waals surface area contributed by atoms with E-state index in [0.29, 0.717) is 24.2 Å². The highest BCUT2D eigenvalue weighted by molar-refractivity contribution is 6.04. The van der Waals surface area contributed by atoms with Crippen LogP contribution in [0.4, 0.5) is 0 Å². The van der Waals surface area contributed by atoms with Crippen molar-refractivity contribution in [1.82, 2.24) is 0 Å². The van der Waals surface area contributed by atoms with Crippen molar-refractivity contribution in [2.75, 3.05) is 6.61 Å². The van der Waals surface area contributed by atoms with Crippen molar-refractivity contribution in [3.63, 3.8) is 0 Å². The maximum atomic E-state index is 11.9. The number of benzene rings is 1. The molecule has 0 bridgehead atoms. The van der Waals surface area contributed by atoms with Crippen LogP contribution in [0.3, 0.4) is 0 Å². The van der Waals surface area contributed by atoms with Crippen LogP contribution in [0, 0.1) is 0 Å². The van der Waals surface area contributed by atoms with Gasteiger partial charge in [-0.25, -0.2) is 4.79 Å². The van der Waals surface area contributed by atoms with Crippen molar-refractivity contribution in [2.45, 2.75) is 32.6 Å². The Balaban J connectivity index is 2.42. The predicted octanol–water partition coefficient (Wildman–Crippen LogP) is 2.73. The summed E-state index contributed by atoms with van der Waals surface area (Å²) in [6.45, 7) is 6.19. The number of ketones is 1. The van der Waals surface area contributed by atoms with E-state index in [-0.39, 0.29) is 17.2 Å². The predicted molar refractivity (Wildman–Crippen MR) is 64.4 cm³/mol. The number of rotatable bonds is 2. The van der Waals surface area contributed by atoms with Gasteiger partial charge in [0.25, 0.3) is 0 Å². The molecule has 1 aliphatic carbocycles. The molecule has 17 heavy (non-hydrogen) atoms. The van der Waals surface area contributed by atoms with Gasteiger partial charge in [-0.05, 0) is 30.0 Å². The molecule has 0 aromatic heterocycles. The van der Waals surface area contributed by atoms with Gasteiger partial charge < -0.3 is 4.74 Å². The number of hydrogen-bond donors (Lipinski definition) is 0. The molecule has 1 aromatic carbocycles. The molecule has 3 heteroatoms. The molecule has 0 atom stereocenters. The first-order chi connectivity index (χ1) is 7.95. The number of carbonyl (C=O) groups is 2. The minimum absolute atomic E-state index is 0.108. The summed E-state index contributed by atoms with van der Waals surface area (Å²) in [4.78, 5) is 23.4. The van der Waals surface area contributed by atoms with Gasteiger partial charge in [-0.1, -0.05) is 19.9 Å². The zero-order valence-corrected chi connectivity index (χ0v) is 10.4. The van der Waals surface area contributed by atoms with Crippen molar-refractivity contribution < 1.29 is 14.3 Å². The second kappa shape index (κ2) is 3.99. The van der Waals surface area contributed by atoms with E-state index in [0.717, 1.165) is 5.56 Å². The molecular weight excluding hydrogens is 216 g/mol. The van der Waals surface area contributed by atoms with Crippen molar-refractivity contribution in [3.05, 3.63) is 34.9 Å². The third kappa shape index (κ3) is 1.97. The monoisotopic (exact) mass is 232 g/mol. The fourth-order valence-electron chi connectivity index (χ4n) is 2.30. The SMILES string of the molecule is CCOC(=O)c1ccc2c(c1)C(=O)CC2(C)C. The lowest BCUT2D eigenvalue weighted by Gasteiger charge is -2.17. The van der Waals surface area contributed by atoms with Gasteiger partial charge in [0.1, 0.15) is 0 Å². The van der Waals surface area contributed by atoms with E-state index in [4.69, 9.17) is 4.74 Å². The van der Waals surface area contributed by atoms with Crippen molar-refractivity contribution in [2.24, 2.45) is 0 Å². The highest BCUT2D eigenvalue weighted by Crippen LogP contribution is 2.38. The minimum Gasteiger partial charge on any atom is -0.462 e. The first kappa shape index (κ1) is 11.8. The topological polar surface area (TPSA) is 43.4 Å². The van der Waals surface area contributed by atoms with Crippen LogP contribution in [-0.2, 0) is 10.2 Å². The highest BCUT2D eigenvalue weighted by atomic mass is 16.5. The summed E-state index contributed by atoms with van der Waals surface area (Å²) in [7, 11) is 0. The zero-order valence-electron chi connectivity index (χ0n) is 10.4. The Labute approximate surface area is 101 Å². The lowest BCUT2D eigenvalue weighted by molar-refractivity contribution is 0.0526. The largest absolute Gasteiger partial charge is 0.462 e. The second-order valence-electron chi connectivity index (χ2n) is 4.96. The van der Waals surface area contributed by atoms with E-state index in [1.807, 2.05) is 19.9 Å². The van der Waals surface area contributed by atoms with Gasteiger partial charge in [-0.3, -0.25) is 4.79 Å². The number of fused-ring (bicyclic) bond motifs is 1. The summed E-state index contributed by atoms with van der Waals surface area (Å²) in [5, 5.41) is 0. The van der Waals surface area contributed by atoms with Gasteiger partial charge in [-0.2, -0.15) is 0 Å². The van der Waals surface area contributed by atoms with Crippen LogP contribution in [0.25, 0.3) is 0 Å². The minimum atomic E-state index is -0.368. The van der Waals surface area contributed by atoms with Crippen LogP contribution in [0.2, 0.25) is 0 Å². The molecular formula is C14H16O3. The Morgan fingerprint density at radius 2 is 2.12 bits per heavy atom. The average molecular weight is 232 g/mol. The fraction of sp³-hybridized carbons (Fsp3) is 0.429. The summed E-state index contributed by atoms with van der Waals surface area (Å²) in [6.07, 6.45) is 0.509. The van der Waals surface area contributed by atoms with Crippen molar-refractivity contribution >= 4 is 11.8 Å². The van der Waals surface area contributed by atoms with Crippen LogP contribution in [0.15, 0.2) is 18.2 Å². The first-order valence-corrected chi connectivity index (χ1v) is 5.80. The lowest BCUT2D eigenvalue weighted by atomic mass is 9.86. The van der Waals surface area contributed by atoms with Gasteiger partial charge in [0.05, 0.1) is 12.2 Å². The highest BCUT2D eigenvalue weighted by Gasteiger charge is 2.36. The molecule has 0 N–H and O–H groups in total. The summed E-state index contributed by atoms with van der Waals surface area (Å²) < 4.78 is 4.92. The average Bonchev–Trinajstić information content (AvgIpc) is 2.49. The van der Waals surface area contributed by atoms with Crippen LogP contribution in [-0.4, -0.2) is 18.4 Å². The standard InChI is InChI=1S/C14H16O3/c1-4-17-13(16)9-5-6-11-10(7-9)12(15)8-14(11,2)3/h5-7H,4,8H2,1-3H3. The normalized spacial score (nSPS) is 16.8. The molecule has 0 amide bonds. The fourth-order valence-corrected chi connectivity index (χ4v) is 2.30. The smallest absolute Gasteiger partial charge is 0.338 e. The van der Waals surface area contributed by atoms with Crippen LogP contribution < -0.4 is 0 Å². The first-order valence-electron chi connectivity index (χ1n) is 5.80. The van der Waals surface area contributed by atoms with Crippen LogP contribution in [0.1, 0.15) is 53.5 Å². The molecule has 1 aromatic rings. The maximum Gasteiger partial charge on any atom is 0.338 e. The molecule has 90 valence electrons. The molecule has 0 radical (unpaired) electrons. The third-order valence-corrected chi connectivity index (χ3v) is 3.16. The molecule has 0 unspecified atom stereocenters. The van der Waals surface area contributed by atoms with E-state index >= 15 is 0 Å². The summed E-state index contributed by atoms with van der Waals surface area (Å²) in [5.41, 5.74) is 2.02. The molecule has 0 heterocycles. The molecule has 2 rings (SSSR count). The number of carbonyl (C=O) groups excluding carboxylic acids is 2. The Kier molecular flexibility index (Phi) is 2.77. The Hall–Kier alpha value is -1.64.